The minimum absolute atomic E-state index is 0.0615. The lowest BCUT2D eigenvalue weighted by molar-refractivity contribution is -0.151. The molecule has 1 fully saturated rings. The molecule has 1 aliphatic heterocycles. The zero-order valence-electron chi connectivity index (χ0n) is 28.1. The zero-order chi connectivity index (χ0) is 34.9. The maximum absolute atomic E-state index is 12.5. The van der Waals surface area contributed by atoms with Gasteiger partial charge in [0, 0.05) is 6.54 Å². The summed E-state index contributed by atoms with van der Waals surface area (Å²) in [7, 11) is 2.60. The second-order valence-electron chi connectivity index (χ2n) is 11.5. The average Bonchev–Trinajstić information content (AvgIpc) is 3.56. The first-order valence-electron chi connectivity index (χ1n) is 15.8. The van der Waals surface area contributed by atoms with Crippen LogP contribution in [0.5, 0.6) is 0 Å². The van der Waals surface area contributed by atoms with Crippen LogP contribution in [0.3, 0.4) is 0 Å². The van der Waals surface area contributed by atoms with E-state index in [-0.39, 0.29) is 36.5 Å². The van der Waals surface area contributed by atoms with Gasteiger partial charge in [-0.15, -0.1) is 0 Å². The fourth-order valence-electron chi connectivity index (χ4n) is 5.01. The molecular formula is C35H48N4O8. The van der Waals surface area contributed by atoms with Crippen molar-refractivity contribution in [3.05, 3.63) is 71.8 Å². The Balaban J connectivity index is 0.000000327. The number of esters is 2. The van der Waals surface area contributed by atoms with Gasteiger partial charge < -0.3 is 30.3 Å². The fourth-order valence-corrected chi connectivity index (χ4v) is 5.01. The molecule has 1 heterocycles. The molecule has 0 bridgehead atoms. The highest BCUT2D eigenvalue weighted by Crippen LogP contribution is 2.19. The summed E-state index contributed by atoms with van der Waals surface area (Å²) in [6, 6.07) is 15.9. The van der Waals surface area contributed by atoms with Gasteiger partial charge in [0.25, 0.3) is 0 Å². The molecule has 5 atom stereocenters. The van der Waals surface area contributed by atoms with E-state index in [2.05, 4.69) is 16.0 Å². The maximum Gasteiger partial charge on any atom is 0.328 e. The predicted octanol–water partition coefficient (Wildman–Crippen LogP) is 2.34. The molecule has 0 radical (unpaired) electrons. The van der Waals surface area contributed by atoms with Crippen LogP contribution >= 0.6 is 0 Å². The van der Waals surface area contributed by atoms with Crippen LogP contribution in [-0.2, 0) is 51.1 Å². The Morgan fingerprint density at radius 2 is 1.28 bits per heavy atom. The number of hydrogen-bond donors (Lipinski definition) is 3. The highest BCUT2D eigenvalue weighted by atomic mass is 16.5. The van der Waals surface area contributed by atoms with E-state index in [4.69, 9.17) is 9.47 Å². The predicted molar refractivity (Wildman–Crippen MR) is 176 cm³/mol. The number of nitrogens with zero attached hydrogens (tertiary/aromatic N) is 1. The molecule has 0 aliphatic carbocycles. The minimum Gasteiger partial charge on any atom is -0.467 e. The minimum atomic E-state index is -0.738. The Kier molecular flexibility index (Phi) is 16.1. The van der Waals surface area contributed by atoms with Crippen molar-refractivity contribution in [1.82, 2.24) is 20.9 Å². The van der Waals surface area contributed by atoms with Crippen LogP contribution in [0.25, 0.3) is 0 Å². The number of carbonyl (C=O) groups is 6. The third-order valence-electron chi connectivity index (χ3n) is 7.91. The van der Waals surface area contributed by atoms with Crippen LogP contribution in [0.2, 0.25) is 0 Å². The third kappa shape index (κ3) is 12.5. The van der Waals surface area contributed by atoms with Crippen LogP contribution in [0, 0.1) is 5.92 Å². The number of ether oxygens (including phenoxy) is 2. The Bertz CT molecular complexity index is 1340. The van der Waals surface area contributed by atoms with Gasteiger partial charge >= 0.3 is 11.9 Å². The van der Waals surface area contributed by atoms with Crippen molar-refractivity contribution in [3.63, 3.8) is 0 Å². The molecule has 0 saturated carbocycles. The van der Waals surface area contributed by atoms with E-state index in [0.29, 0.717) is 13.0 Å². The monoisotopic (exact) mass is 652 g/mol. The van der Waals surface area contributed by atoms with Gasteiger partial charge in [0.1, 0.15) is 24.2 Å². The number of likely N-dealkylation sites (tertiary alicyclic amines) is 1. The molecular weight excluding hydrogens is 604 g/mol. The SMILES string of the molecule is CC[C@H](C)[C@H](NC(=O)[C@H](C)NC(=O)Cc1ccccc1)C(=O)OC.COC(=O)[C@@H]1CCCN1C(=O)[C@H](C)NC(=O)Cc1ccccc1. The summed E-state index contributed by atoms with van der Waals surface area (Å²) in [6.45, 7) is 7.52. The van der Waals surface area contributed by atoms with E-state index in [1.165, 1.54) is 19.1 Å². The smallest absolute Gasteiger partial charge is 0.328 e. The highest BCUT2D eigenvalue weighted by molar-refractivity contribution is 5.92. The van der Waals surface area contributed by atoms with Crippen LogP contribution < -0.4 is 16.0 Å². The van der Waals surface area contributed by atoms with E-state index in [0.717, 1.165) is 24.0 Å². The Morgan fingerprint density at radius 1 is 0.766 bits per heavy atom. The molecule has 4 amide bonds. The number of methoxy groups -OCH3 is 2. The van der Waals surface area contributed by atoms with E-state index in [1.54, 1.807) is 13.8 Å². The van der Waals surface area contributed by atoms with Gasteiger partial charge in [-0.05, 0) is 43.7 Å². The first-order valence-corrected chi connectivity index (χ1v) is 15.8. The van der Waals surface area contributed by atoms with Gasteiger partial charge in [0.05, 0.1) is 27.1 Å². The van der Waals surface area contributed by atoms with Gasteiger partial charge in [-0.2, -0.15) is 0 Å². The van der Waals surface area contributed by atoms with Gasteiger partial charge in [0.15, 0.2) is 0 Å². The lowest BCUT2D eigenvalue weighted by Gasteiger charge is -2.26. The summed E-state index contributed by atoms with van der Waals surface area (Å²) in [4.78, 5) is 73.8. The number of nitrogens with one attached hydrogen (secondary N) is 3. The van der Waals surface area contributed by atoms with Crippen molar-refractivity contribution in [2.45, 2.75) is 84.0 Å². The summed E-state index contributed by atoms with van der Waals surface area (Å²) in [5.74, 6) is -2.08. The quantitative estimate of drug-likeness (QED) is 0.278. The van der Waals surface area contributed by atoms with E-state index in [1.807, 2.05) is 74.5 Å². The maximum atomic E-state index is 12.5. The molecule has 0 aromatic heterocycles. The van der Waals surface area contributed by atoms with Crippen molar-refractivity contribution in [2.75, 3.05) is 20.8 Å². The molecule has 0 unspecified atom stereocenters. The van der Waals surface area contributed by atoms with Gasteiger partial charge in [-0.3, -0.25) is 19.2 Å². The molecule has 256 valence electrons. The number of amides is 4. The van der Waals surface area contributed by atoms with Crippen LogP contribution in [0.1, 0.15) is 58.1 Å². The average molecular weight is 653 g/mol. The van der Waals surface area contributed by atoms with Crippen molar-refractivity contribution in [3.8, 4) is 0 Å². The lowest BCUT2D eigenvalue weighted by Crippen LogP contribution is -2.52. The molecule has 1 aliphatic rings. The molecule has 12 nitrogen and oxygen atoms in total. The largest absolute Gasteiger partial charge is 0.467 e. The number of rotatable bonds is 13. The third-order valence-corrected chi connectivity index (χ3v) is 7.91. The Hall–Kier alpha value is -4.74. The summed E-state index contributed by atoms with van der Waals surface area (Å²) in [5, 5.41) is 8.00. The van der Waals surface area contributed by atoms with Gasteiger partial charge in [0.2, 0.25) is 23.6 Å². The highest BCUT2D eigenvalue weighted by Gasteiger charge is 2.37. The molecule has 3 rings (SSSR count). The van der Waals surface area contributed by atoms with Crippen LogP contribution in [0.15, 0.2) is 60.7 Å². The molecule has 12 heteroatoms. The molecule has 47 heavy (non-hydrogen) atoms. The molecule has 2 aromatic carbocycles. The Morgan fingerprint density at radius 3 is 1.74 bits per heavy atom. The second-order valence-corrected chi connectivity index (χ2v) is 11.5. The molecule has 2 aromatic rings. The summed E-state index contributed by atoms with van der Waals surface area (Å²) in [5.41, 5.74) is 1.76. The van der Waals surface area contributed by atoms with E-state index >= 15 is 0 Å². The first kappa shape index (κ1) is 38.4. The summed E-state index contributed by atoms with van der Waals surface area (Å²) < 4.78 is 9.47. The van der Waals surface area contributed by atoms with E-state index < -0.39 is 42.0 Å². The topological polar surface area (TPSA) is 160 Å². The first-order chi connectivity index (χ1) is 22.4. The van der Waals surface area contributed by atoms with Gasteiger partial charge in [-0.1, -0.05) is 80.9 Å². The van der Waals surface area contributed by atoms with E-state index in [9.17, 15) is 28.8 Å². The van der Waals surface area contributed by atoms with Crippen LogP contribution in [-0.4, -0.2) is 85.4 Å². The lowest BCUT2D eigenvalue weighted by atomic mass is 9.99. The Labute approximate surface area is 276 Å². The van der Waals surface area contributed by atoms with Gasteiger partial charge in [-0.25, -0.2) is 9.59 Å². The number of hydrogen-bond acceptors (Lipinski definition) is 8. The summed E-state index contributed by atoms with van der Waals surface area (Å²) in [6.07, 6.45) is 2.50. The number of carbonyl (C=O) groups excluding carboxylic acids is 6. The van der Waals surface area contributed by atoms with Crippen LogP contribution in [0.4, 0.5) is 0 Å². The standard InChI is InChI=1S/C18H26N2O4.C17H22N2O4/c1-5-12(2)16(18(23)24-4)20-17(22)13(3)19-15(21)11-14-9-7-6-8-10-14;1-12(18-15(20)11-13-7-4-3-5-8-13)16(21)19-10-6-9-14(19)17(22)23-2/h6-10,12-13,16H,5,11H2,1-4H3,(H,19,21)(H,20,22);3-5,7-8,12,14H,6,9-11H2,1-2H3,(H,18,20)/t12-,13-,16-;12-,14-/m00/s1. The summed E-state index contributed by atoms with van der Waals surface area (Å²) >= 11 is 0. The van der Waals surface area contributed by atoms with Crippen molar-refractivity contribution in [2.24, 2.45) is 5.92 Å². The number of benzene rings is 2. The molecule has 1 saturated heterocycles. The second kappa shape index (κ2) is 19.7. The van der Waals surface area contributed by atoms with Crippen molar-refractivity contribution < 1.29 is 38.2 Å². The molecule has 0 spiro atoms. The fraction of sp³-hybridized carbons (Fsp3) is 0.486. The van der Waals surface area contributed by atoms with Crippen molar-refractivity contribution in [1.29, 1.82) is 0 Å². The zero-order valence-corrected chi connectivity index (χ0v) is 28.1. The van der Waals surface area contributed by atoms with Crippen molar-refractivity contribution >= 4 is 35.6 Å². The molecule has 3 N–H and O–H groups in total. The normalized spacial score (nSPS) is 16.2.